The van der Waals surface area contributed by atoms with Gasteiger partial charge < -0.3 is 19.5 Å². The van der Waals surface area contributed by atoms with Gasteiger partial charge in [0, 0.05) is 4.88 Å². The van der Waals surface area contributed by atoms with Crippen molar-refractivity contribution in [3.63, 3.8) is 0 Å². The van der Waals surface area contributed by atoms with Crippen LogP contribution in [0, 0.1) is 17.1 Å². The fourth-order valence-corrected chi connectivity index (χ4v) is 5.47. The van der Waals surface area contributed by atoms with E-state index in [1.165, 1.54) is 36.7 Å². The molecule has 3 aromatic rings. The number of thiophene rings is 1. The topological polar surface area (TPSA) is 97.7 Å². The van der Waals surface area contributed by atoms with E-state index in [-0.39, 0.29) is 24.6 Å². The van der Waals surface area contributed by atoms with Gasteiger partial charge in [-0.3, -0.25) is 4.79 Å². The summed E-state index contributed by atoms with van der Waals surface area (Å²) in [4.78, 5) is 26.8. The molecule has 0 spiro atoms. The summed E-state index contributed by atoms with van der Waals surface area (Å²) in [6.07, 6.45) is 5.04. The van der Waals surface area contributed by atoms with Crippen molar-refractivity contribution in [1.82, 2.24) is 0 Å². The van der Waals surface area contributed by atoms with E-state index in [2.05, 4.69) is 5.32 Å². The minimum absolute atomic E-state index is 0.131. The van der Waals surface area contributed by atoms with Gasteiger partial charge >= 0.3 is 5.97 Å². The van der Waals surface area contributed by atoms with E-state index in [0.29, 0.717) is 27.6 Å². The van der Waals surface area contributed by atoms with E-state index in [4.69, 9.17) is 14.2 Å². The highest BCUT2D eigenvalue weighted by atomic mass is 32.1. The second-order valence-corrected chi connectivity index (χ2v) is 9.69. The number of nitriles is 1. The maximum atomic E-state index is 13.1. The molecule has 9 heteroatoms. The number of carbonyl (C=O) groups excluding carboxylic acids is 2. The molecule has 0 aliphatic heterocycles. The maximum absolute atomic E-state index is 13.1. The average molecular weight is 535 g/mol. The van der Waals surface area contributed by atoms with Crippen LogP contribution in [0.2, 0.25) is 0 Å². The number of hydrogen-bond donors (Lipinski definition) is 1. The Morgan fingerprint density at radius 2 is 1.89 bits per heavy atom. The number of nitrogens with one attached hydrogen (secondary N) is 1. The van der Waals surface area contributed by atoms with E-state index in [1.807, 2.05) is 6.07 Å². The van der Waals surface area contributed by atoms with Gasteiger partial charge in [0.1, 0.15) is 29.1 Å². The fraction of sp³-hybridized carbons (Fsp3) is 0.276. The zero-order valence-corrected chi connectivity index (χ0v) is 22.0. The monoisotopic (exact) mass is 534 g/mol. The molecule has 7 nitrogen and oxygen atoms in total. The number of halogens is 1. The molecule has 196 valence electrons. The largest absolute Gasteiger partial charge is 0.493 e. The van der Waals surface area contributed by atoms with Crippen LogP contribution in [0.4, 0.5) is 9.39 Å². The van der Waals surface area contributed by atoms with Crippen molar-refractivity contribution < 1.29 is 28.2 Å². The molecule has 1 aliphatic carbocycles. The van der Waals surface area contributed by atoms with Crippen LogP contribution in [0.25, 0.3) is 6.08 Å². The lowest BCUT2D eigenvalue weighted by Crippen LogP contribution is -2.16. The molecule has 1 N–H and O–H groups in total. The predicted molar refractivity (Wildman–Crippen MR) is 143 cm³/mol. The standard InChI is InChI=1S/C29H27FN2O5S/c1-3-36-29(34)26-22-6-4-5-7-25(22)38-28(26)32-27(33)20(16-31)14-19-10-13-23(24(15-19)35-2)37-17-18-8-11-21(30)12-9-18/h8-15H,3-7,17H2,1-2H3,(H,32,33)/b20-14+. The Morgan fingerprint density at radius 3 is 2.61 bits per heavy atom. The number of aryl methyl sites for hydroxylation is 1. The van der Waals surface area contributed by atoms with Crippen molar-refractivity contribution in [1.29, 1.82) is 5.26 Å². The first-order valence-corrected chi connectivity index (χ1v) is 13.0. The van der Waals surface area contributed by atoms with Crippen molar-refractivity contribution in [2.24, 2.45) is 0 Å². The minimum Gasteiger partial charge on any atom is -0.493 e. The van der Waals surface area contributed by atoms with E-state index in [1.54, 1.807) is 37.3 Å². The van der Waals surface area contributed by atoms with Crippen LogP contribution in [-0.2, 0) is 29.0 Å². The fourth-order valence-electron chi connectivity index (χ4n) is 4.19. The SMILES string of the molecule is CCOC(=O)c1c(NC(=O)/C(C#N)=C/c2ccc(OCc3ccc(F)cc3)c(OC)c2)sc2c1CCCC2. The van der Waals surface area contributed by atoms with Gasteiger partial charge in [-0.2, -0.15) is 5.26 Å². The Morgan fingerprint density at radius 1 is 1.13 bits per heavy atom. The molecular weight excluding hydrogens is 507 g/mol. The van der Waals surface area contributed by atoms with Gasteiger partial charge in [0.05, 0.1) is 19.3 Å². The van der Waals surface area contributed by atoms with E-state index in [0.717, 1.165) is 41.7 Å². The molecule has 0 saturated heterocycles. The lowest BCUT2D eigenvalue weighted by atomic mass is 9.95. The van der Waals surface area contributed by atoms with Crippen LogP contribution in [0.1, 0.15) is 51.7 Å². The van der Waals surface area contributed by atoms with E-state index < -0.39 is 11.9 Å². The van der Waals surface area contributed by atoms with Crippen LogP contribution >= 0.6 is 11.3 Å². The second-order valence-electron chi connectivity index (χ2n) is 8.58. The molecule has 1 aliphatic rings. The first kappa shape index (κ1) is 26.9. The number of hydrogen-bond acceptors (Lipinski definition) is 7. The van der Waals surface area contributed by atoms with Crippen LogP contribution in [-0.4, -0.2) is 25.6 Å². The molecular formula is C29H27FN2O5S. The van der Waals surface area contributed by atoms with Gasteiger partial charge in [0.25, 0.3) is 5.91 Å². The van der Waals surface area contributed by atoms with Crippen LogP contribution < -0.4 is 14.8 Å². The smallest absolute Gasteiger partial charge is 0.341 e. The summed E-state index contributed by atoms with van der Waals surface area (Å²) >= 11 is 1.36. The molecule has 38 heavy (non-hydrogen) atoms. The molecule has 1 aromatic heterocycles. The summed E-state index contributed by atoms with van der Waals surface area (Å²) in [5.74, 6) is -0.539. The zero-order valence-electron chi connectivity index (χ0n) is 21.1. The summed E-state index contributed by atoms with van der Waals surface area (Å²) < 4.78 is 29.6. The van der Waals surface area contributed by atoms with Gasteiger partial charge in [-0.15, -0.1) is 11.3 Å². The molecule has 4 rings (SSSR count). The molecule has 0 saturated carbocycles. The third-order valence-corrected chi connectivity index (χ3v) is 7.26. The highest BCUT2D eigenvalue weighted by molar-refractivity contribution is 7.17. The Hall–Kier alpha value is -4.16. The number of nitrogens with zero attached hydrogens (tertiary/aromatic N) is 1. The van der Waals surface area contributed by atoms with Crippen molar-refractivity contribution in [3.8, 4) is 17.6 Å². The number of rotatable bonds is 9. The number of methoxy groups -OCH3 is 1. The first-order chi connectivity index (χ1) is 18.4. The van der Waals surface area contributed by atoms with Crippen LogP contribution in [0.5, 0.6) is 11.5 Å². The van der Waals surface area contributed by atoms with Crippen molar-refractivity contribution in [3.05, 3.63) is 81.0 Å². The highest BCUT2D eigenvalue weighted by Gasteiger charge is 2.27. The molecule has 0 fully saturated rings. The van der Waals surface area contributed by atoms with E-state index in [9.17, 15) is 19.2 Å². The molecule has 0 atom stereocenters. The van der Waals surface area contributed by atoms with E-state index >= 15 is 0 Å². The molecule has 1 amide bonds. The molecule has 0 unspecified atom stereocenters. The number of ether oxygens (including phenoxy) is 3. The number of fused-ring (bicyclic) bond motifs is 1. The Balaban J connectivity index is 1.53. The lowest BCUT2D eigenvalue weighted by Gasteiger charge is -2.12. The first-order valence-electron chi connectivity index (χ1n) is 12.2. The predicted octanol–water partition coefficient (Wildman–Crippen LogP) is 6.08. The zero-order chi connectivity index (χ0) is 27.1. The third kappa shape index (κ3) is 6.21. The number of esters is 1. The van der Waals surface area contributed by atoms with Gasteiger partial charge in [-0.25, -0.2) is 9.18 Å². The van der Waals surface area contributed by atoms with Gasteiger partial charge in [0.15, 0.2) is 11.5 Å². The summed E-state index contributed by atoms with van der Waals surface area (Å²) in [5.41, 5.74) is 2.53. The Labute approximate surface area is 224 Å². The number of carbonyl (C=O) groups is 2. The molecule has 0 bridgehead atoms. The number of anilines is 1. The Kier molecular flexibility index (Phi) is 8.77. The summed E-state index contributed by atoms with van der Waals surface area (Å²) in [5, 5.41) is 12.9. The van der Waals surface area contributed by atoms with Crippen molar-refractivity contribution in [2.75, 3.05) is 19.0 Å². The summed E-state index contributed by atoms with van der Waals surface area (Å²) in [6.45, 7) is 2.18. The van der Waals surface area contributed by atoms with Gasteiger partial charge in [-0.05, 0) is 79.6 Å². The van der Waals surface area contributed by atoms with Crippen molar-refractivity contribution in [2.45, 2.75) is 39.2 Å². The normalized spacial score (nSPS) is 12.7. The summed E-state index contributed by atoms with van der Waals surface area (Å²) in [6, 6.07) is 13.0. The maximum Gasteiger partial charge on any atom is 0.341 e. The van der Waals surface area contributed by atoms with Crippen molar-refractivity contribution >= 4 is 34.3 Å². The number of amides is 1. The van der Waals surface area contributed by atoms with Crippen LogP contribution in [0.3, 0.4) is 0 Å². The highest BCUT2D eigenvalue weighted by Crippen LogP contribution is 2.39. The second kappa shape index (κ2) is 12.4. The summed E-state index contributed by atoms with van der Waals surface area (Å²) in [7, 11) is 1.49. The number of benzene rings is 2. The quantitative estimate of drug-likeness (QED) is 0.203. The van der Waals surface area contributed by atoms with Gasteiger partial charge in [0.2, 0.25) is 0 Å². The van der Waals surface area contributed by atoms with Crippen LogP contribution in [0.15, 0.2) is 48.0 Å². The molecule has 0 radical (unpaired) electrons. The molecule has 1 heterocycles. The Bertz CT molecular complexity index is 1410. The van der Waals surface area contributed by atoms with Gasteiger partial charge in [-0.1, -0.05) is 18.2 Å². The third-order valence-electron chi connectivity index (χ3n) is 6.05. The molecule has 2 aromatic carbocycles. The minimum atomic E-state index is -0.618. The lowest BCUT2D eigenvalue weighted by molar-refractivity contribution is -0.112. The average Bonchev–Trinajstić information content (AvgIpc) is 3.29.